The van der Waals surface area contributed by atoms with Gasteiger partial charge in [0.25, 0.3) is 6.29 Å². The highest BCUT2D eigenvalue weighted by Gasteiger charge is 2.25. The normalized spacial score (nSPS) is 13.3. The molecule has 0 spiro atoms. The van der Waals surface area contributed by atoms with Gasteiger partial charge in [0.05, 0.1) is 34.4 Å². The summed E-state index contributed by atoms with van der Waals surface area (Å²) in [5, 5.41) is 9.76. The molecule has 0 aliphatic rings. The molecule has 0 fully saturated rings. The van der Waals surface area contributed by atoms with Crippen LogP contribution in [0.25, 0.3) is 0 Å². The summed E-state index contributed by atoms with van der Waals surface area (Å²) in [5.74, 6) is -2.02. The minimum absolute atomic E-state index is 0.180. The molecule has 0 saturated carbocycles. The van der Waals surface area contributed by atoms with E-state index in [0.717, 1.165) is 109 Å². The Morgan fingerprint density at radius 1 is 0.341 bits per heavy atom. The first-order valence-corrected chi connectivity index (χ1v) is 38.1. The van der Waals surface area contributed by atoms with Crippen LogP contribution in [0.5, 0.6) is 0 Å². The van der Waals surface area contributed by atoms with E-state index in [-0.39, 0.29) is 32.2 Å². The number of quaternary nitrogens is 1. The van der Waals surface area contributed by atoms with Gasteiger partial charge in [0, 0.05) is 12.8 Å². The third kappa shape index (κ3) is 73.2. The average Bonchev–Trinajstić information content (AvgIpc) is 3.46. The van der Waals surface area contributed by atoms with Crippen molar-refractivity contribution in [3.05, 3.63) is 109 Å². The molecule has 0 radical (unpaired) electrons. The Kier molecular flexibility index (Phi) is 68.6. The van der Waals surface area contributed by atoms with E-state index >= 15 is 0 Å². The summed E-state index contributed by atoms with van der Waals surface area (Å²) in [7, 11) is 5.97. The molecule has 0 aliphatic carbocycles. The number of aliphatic carboxylic acids is 1. The van der Waals surface area contributed by atoms with Crippen molar-refractivity contribution in [2.45, 2.75) is 347 Å². The number of hydrogen-bond donors (Lipinski definition) is 1. The zero-order valence-corrected chi connectivity index (χ0v) is 60.0. The molecule has 524 valence electrons. The number of ether oxygens (including phenoxy) is 4. The van der Waals surface area contributed by atoms with Crippen LogP contribution in [0.2, 0.25) is 0 Å². The van der Waals surface area contributed by atoms with Crippen molar-refractivity contribution in [1.29, 1.82) is 0 Å². The second-order valence-corrected chi connectivity index (χ2v) is 26.6. The SMILES string of the molecule is CC/C=C\C/C=C\C/C=C\C/C=C\C/C=C\C/C=C\C/C=C\C/C=C\C/C=C\CCCCCCCC(=O)OC(COC(=O)CCCCCCCCCCCCCCCCCCCCCCCCCCCCCCCCCCC)COC(OCC[N+](C)(C)C)C(=O)O. The topological polar surface area (TPSA) is 108 Å². The van der Waals surface area contributed by atoms with Gasteiger partial charge in [-0.15, -0.1) is 0 Å². The smallest absolute Gasteiger partial charge is 0.361 e. The van der Waals surface area contributed by atoms with Gasteiger partial charge in [0.1, 0.15) is 13.2 Å². The summed E-state index contributed by atoms with van der Waals surface area (Å²) < 4.78 is 23.0. The van der Waals surface area contributed by atoms with Crippen molar-refractivity contribution in [3.63, 3.8) is 0 Å². The molecule has 2 unspecified atom stereocenters. The van der Waals surface area contributed by atoms with Gasteiger partial charge in [0.2, 0.25) is 0 Å². The van der Waals surface area contributed by atoms with E-state index in [9.17, 15) is 19.5 Å². The highest BCUT2D eigenvalue weighted by atomic mass is 16.7. The molecule has 0 bridgehead atoms. The Bertz CT molecular complexity index is 1870. The number of carboxylic acids is 1. The monoisotopic (exact) mass is 1270 g/mol. The summed E-state index contributed by atoms with van der Waals surface area (Å²) >= 11 is 0. The van der Waals surface area contributed by atoms with E-state index in [2.05, 4.69) is 123 Å². The van der Waals surface area contributed by atoms with Crippen molar-refractivity contribution in [1.82, 2.24) is 0 Å². The van der Waals surface area contributed by atoms with Crippen molar-refractivity contribution >= 4 is 17.9 Å². The van der Waals surface area contributed by atoms with Crippen LogP contribution in [0, 0.1) is 0 Å². The second kappa shape index (κ2) is 71.8. The molecule has 91 heavy (non-hydrogen) atoms. The summed E-state index contributed by atoms with van der Waals surface area (Å²) in [6, 6.07) is 0. The number of hydrogen-bond acceptors (Lipinski definition) is 7. The van der Waals surface area contributed by atoms with Crippen LogP contribution < -0.4 is 0 Å². The number of nitrogens with zero attached hydrogens (tertiary/aromatic N) is 1. The van der Waals surface area contributed by atoms with Crippen LogP contribution in [-0.2, 0) is 33.3 Å². The van der Waals surface area contributed by atoms with Gasteiger partial charge in [0.15, 0.2) is 6.10 Å². The van der Waals surface area contributed by atoms with Crippen molar-refractivity contribution in [2.75, 3.05) is 47.5 Å². The molecule has 0 saturated heterocycles. The lowest BCUT2D eigenvalue weighted by molar-refractivity contribution is -0.870. The van der Waals surface area contributed by atoms with Gasteiger partial charge in [-0.1, -0.05) is 348 Å². The molecule has 9 heteroatoms. The molecule has 0 aromatic carbocycles. The maximum atomic E-state index is 13.0. The Hall–Kier alpha value is -4.05. The number of likely N-dealkylation sites (N-methyl/N-ethyl adjacent to an activating group) is 1. The maximum absolute atomic E-state index is 13.0. The number of esters is 2. The highest BCUT2D eigenvalue weighted by Crippen LogP contribution is 2.19. The summed E-state index contributed by atoms with van der Waals surface area (Å²) in [6.45, 7) is 4.78. The number of carbonyl (C=O) groups excluding carboxylic acids is 2. The van der Waals surface area contributed by atoms with E-state index in [1.807, 2.05) is 21.1 Å². The molecule has 9 nitrogen and oxygen atoms in total. The summed E-state index contributed by atoms with van der Waals surface area (Å²) in [6.07, 6.45) is 98.0. The van der Waals surface area contributed by atoms with E-state index in [0.29, 0.717) is 23.9 Å². The zero-order chi connectivity index (χ0) is 66.1. The Morgan fingerprint density at radius 3 is 0.934 bits per heavy atom. The maximum Gasteiger partial charge on any atom is 0.361 e. The van der Waals surface area contributed by atoms with Gasteiger partial charge >= 0.3 is 17.9 Å². The molecular formula is C82H144NO8+. The van der Waals surface area contributed by atoms with Gasteiger partial charge in [-0.2, -0.15) is 0 Å². The van der Waals surface area contributed by atoms with E-state index < -0.39 is 24.3 Å². The van der Waals surface area contributed by atoms with Crippen LogP contribution in [0.3, 0.4) is 0 Å². The Morgan fingerprint density at radius 2 is 0.626 bits per heavy atom. The summed E-state index contributed by atoms with van der Waals surface area (Å²) in [5.41, 5.74) is 0. The van der Waals surface area contributed by atoms with Crippen molar-refractivity contribution in [3.8, 4) is 0 Å². The van der Waals surface area contributed by atoms with Gasteiger partial charge in [-0.05, 0) is 83.5 Å². The average molecular weight is 1270 g/mol. The molecule has 2 atom stereocenters. The minimum atomic E-state index is -1.52. The molecule has 0 rings (SSSR count). The quantitative estimate of drug-likeness (QED) is 0.0211. The predicted octanol–water partition coefficient (Wildman–Crippen LogP) is 24.1. The van der Waals surface area contributed by atoms with Crippen molar-refractivity contribution < 1.29 is 42.9 Å². The van der Waals surface area contributed by atoms with Crippen LogP contribution in [0.1, 0.15) is 335 Å². The van der Waals surface area contributed by atoms with Crippen LogP contribution in [0.15, 0.2) is 109 Å². The lowest BCUT2D eigenvalue weighted by atomic mass is 10.0. The summed E-state index contributed by atoms with van der Waals surface area (Å²) in [4.78, 5) is 37.7. The van der Waals surface area contributed by atoms with Crippen LogP contribution in [-0.4, -0.2) is 87.4 Å². The highest BCUT2D eigenvalue weighted by molar-refractivity contribution is 5.71. The molecule has 0 aromatic rings. The number of carboxylic acid groups (broad SMARTS) is 1. The molecule has 0 amide bonds. The first-order chi connectivity index (χ1) is 44.6. The molecule has 0 heterocycles. The fourth-order valence-electron chi connectivity index (χ4n) is 10.8. The Labute approximate surface area is 562 Å². The molecule has 0 aromatic heterocycles. The van der Waals surface area contributed by atoms with Crippen LogP contribution in [0.4, 0.5) is 0 Å². The first-order valence-electron chi connectivity index (χ1n) is 38.1. The van der Waals surface area contributed by atoms with E-state index in [4.69, 9.17) is 18.9 Å². The number of allylic oxidation sites excluding steroid dienone is 18. The molecule has 1 N–H and O–H groups in total. The van der Waals surface area contributed by atoms with Gasteiger partial charge in [-0.3, -0.25) is 9.59 Å². The fourth-order valence-corrected chi connectivity index (χ4v) is 10.8. The lowest BCUT2D eigenvalue weighted by Crippen LogP contribution is -2.40. The largest absolute Gasteiger partial charge is 0.477 e. The number of rotatable bonds is 70. The number of carbonyl (C=O) groups is 3. The standard InChI is InChI=1S/C82H143NO8/c1-6-8-10-12-14-16-18-20-22-24-26-28-30-32-34-36-38-40-42-44-46-48-50-52-54-56-58-60-62-64-66-68-70-72-79(84)89-76-78(77-90-82(81(86)87)88-75-74-83(3,4)5)91-80(85)73-71-69-67-65-63-61-59-57-55-53-51-49-47-45-43-41-39-37-35-33-31-29-27-25-23-21-19-17-15-13-11-9-7-2/h9,11,15,17,21,23,27,29,33,35,39,41,45,47,51,53,57,59,78,82H,6-8,10,12-14,16,18-20,22,24-26,28,30-32,34,36-38,40,42-44,46,48-50,52,54-56,58,60-77H2,1-5H3/p+1/b11-9-,17-15-,23-21-,29-27-,35-33-,41-39-,47-45-,53-51-,59-57-. The van der Waals surface area contributed by atoms with Gasteiger partial charge in [-0.25, -0.2) is 4.79 Å². The number of unbranched alkanes of at least 4 members (excludes halogenated alkanes) is 37. The Balaban J connectivity index is 4.12. The van der Waals surface area contributed by atoms with Crippen LogP contribution >= 0.6 is 0 Å². The minimum Gasteiger partial charge on any atom is -0.477 e. The lowest BCUT2D eigenvalue weighted by Gasteiger charge is -2.25. The van der Waals surface area contributed by atoms with E-state index in [1.54, 1.807) is 0 Å². The molecule has 0 aliphatic heterocycles. The predicted molar refractivity (Wildman–Crippen MR) is 392 cm³/mol. The van der Waals surface area contributed by atoms with E-state index in [1.165, 1.54) is 193 Å². The third-order valence-corrected chi connectivity index (χ3v) is 16.5. The molecular weight excluding hydrogens is 1130 g/mol. The fraction of sp³-hybridized carbons (Fsp3) is 0.744. The zero-order valence-electron chi connectivity index (χ0n) is 60.0. The third-order valence-electron chi connectivity index (χ3n) is 16.5. The first kappa shape index (κ1) is 87.0. The van der Waals surface area contributed by atoms with Crippen molar-refractivity contribution in [2.24, 2.45) is 0 Å². The van der Waals surface area contributed by atoms with Gasteiger partial charge < -0.3 is 28.5 Å². The second-order valence-electron chi connectivity index (χ2n) is 26.6.